The molecule has 0 saturated heterocycles. The summed E-state index contributed by atoms with van der Waals surface area (Å²) in [4.78, 5) is 30.8. The Hall–Kier alpha value is -3.49. The van der Waals surface area contributed by atoms with Crippen LogP contribution < -0.4 is 10.2 Å². The second kappa shape index (κ2) is 7.02. The van der Waals surface area contributed by atoms with E-state index in [4.69, 9.17) is 0 Å². The van der Waals surface area contributed by atoms with Crippen LogP contribution in [0.15, 0.2) is 48.9 Å². The SMILES string of the molecule is CN1C(=O)C(NC(=O)c2cn(Cc3ccccc3)nn2)CCn2ccnc21. The molecule has 3 aromatic rings. The molecule has 0 saturated carbocycles. The van der Waals surface area contributed by atoms with Crippen molar-refractivity contribution in [3.8, 4) is 0 Å². The normalized spacial score (nSPS) is 16.7. The lowest BCUT2D eigenvalue weighted by Crippen LogP contribution is -2.47. The monoisotopic (exact) mass is 365 g/mol. The molecule has 3 heterocycles. The molecule has 2 amide bonds. The average molecular weight is 365 g/mol. The van der Waals surface area contributed by atoms with E-state index in [0.29, 0.717) is 25.5 Å². The summed E-state index contributed by atoms with van der Waals surface area (Å²) in [5.41, 5.74) is 1.24. The number of fused-ring (bicyclic) bond motifs is 1. The Bertz CT molecular complexity index is 963. The Labute approximate surface area is 155 Å². The standard InChI is InChI=1S/C18H19N7O2/c1-23-17(27)14(7-9-24-10-8-19-18(23)24)20-16(26)15-12-25(22-21-15)11-13-5-3-2-4-6-13/h2-6,8,10,12,14H,7,9,11H2,1H3,(H,20,26). The fraction of sp³-hybridized carbons (Fsp3) is 0.278. The van der Waals surface area contributed by atoms with Crippen molar-refractivity contribution in [3.05, 3.63) is 60.2 Å². The first-order valence-electron chi connectivity index (χ1n) is 8.65. The fourth-order valence-corrected chi connectivity index (χ4v) is 3.12. The van der Waals surface area contributed by atoms with Crippen molar-refractivity contribution in [2.75, 3.05) is 11.9 Å². The molecule has 1 aromatic carbocycles. The van der Waals surface area contributed by atoms with Gasteiger partial charge in [0.2, 0.25) is 5.95 Å². The van der Waals surface area contributed by atoms with Gasteiger partial charge in [0.05, 0.1) is 12.7 Å². The number of amides is 2. The first-order chi connectivity index (χ1) is 13.1. The molecule has 0 spiro atoms. The number of hydrogen-bond acceptors (Lipinski definition) is 5. The van der Waals surface area contributed by atoms with E-state index >= 15 is 0 Å². The summed E-state index contributed by atoms with van der Waals surface area (Å²) in [5, 5.41) is 10.7. The van der Waals surface area contributed by atoms with Crippen LogP contribution in [0.25, 0.3) is 0 Å². The lowest BCUT2D eigenvalue weighted by molar-refractivity contribution is -0.120. The Morgan fingerprint density at radius 2 is 2.11 bits per heavy atom. The third-order valence-electron chi connectivity index (χ3n) is 4.54. The van der Waals surface area contributed by atoms with E-state index < -0.39 is 11.9 Å². The molecule has 0 bridgehead atoms. The van der Waals surface area contributed by atoms with E-state index in [9.17, 15) is 9.59 Å². The van der Waals surface area contributed by atoms with Gasteiger partial charge in [0.25, 0.3) is 11.8 Å². The maximum atomic E-state index is 12.6. The Balaban J connectivity index is 1.43. The smallest absolute Gasteiger partial charge is 0.274 e. The van der Waals surface area contributed by atoms with Gasteiger partial charge in [-0.05, 0) is 12.0 Å². The van der Waals surface area contributed by atoms with Gasteiger partial charge in [0, 0.05) is 26.0 Å². The zero-order chi connectivity index (χ0) is 18.8. The highest BCUT2D eigenvalue weighted by atomic mass is 16.2. The van der Waals surface area contributed by atoms with Crippen LogP contribution in [0.3, 0.4) is 0 Å². The van der Waals surface area contributed by atoms with Crippen molar-refractivity contribution in [1.82, 2.24) is 29.9 Å². The molecule has 0 radical (unpaired) electrons. The van der Waals surface area contributed by atoms with Crippen LogP contribution in [-0.4, -0.2) is 49.4 Å². The molecule has 1 atom stereocenters. The summed E-state index contributed by atoms with van der Waals surface area (Å²) in [6.45, 7) is 1.12. The van der Waals surface area contributed by atoms with Gasteiger partial charge in [-0.3, -0.25) is 14.5 Å². The minimum atomic E-state index is -0.636. The number of nitrogens with zero attached hydrogens (tertiary/aromatic N) is 6. The van der Waals surface area contributed by atoms with Crippen LogP contribution in [0, 0.1) is 0 Å². The predicted molar refractivity (Wildman–Crippen MR) is 97.1 cm³/mol. The zero-order valence-corrected chi connectivity index (χ0v) is 14.8. The summed E-state index contributed by atoms with van der Waals surface area (Å²) in [5.74, 6) is -0.0452. The van der Waals surface area contributed by atoms with Gasteiger partial charge >= 0.3 is 0 Å². The van der Waals surface area contributed by atoms with Crippen molar-refractivity contribution < 1.29 is 9.59 Å². The number of likely N-dealkylation sites (N-methyl/N-ethyl adjacent to an activating group) is 1. The molecule has 1 N–H and O–H groups in total. The van der Waals surface area contributed by atoms with E-state index in [0.717, 1.165) is 5.56 Å². The van der Waals surface area contributed by atoms with E-state index in [2.05, 4.69) is 20.6 Å². The first kappa shape index (κ1) is 17.0. The number of carbonyl (C=O) groups excluding carboxylic acids is 2. The number of nitrogens with one attached hydrogen (secondary N) is 1. The average Bonchev–Trinajstić information content (AvgIpc) is 3.32. The molecular formula is C18H19N7O2. The second-order valence-electron chi connectivity index (χ2n) is 6.42. The van der Waals surface area contributed by atoms with Crippen LogP contribution in [0.1, 0.15) is 22.5 Å². The molecule has 4 rings (SSSR count). The molecule has 0 fully saturated rings. The minimum absolute atomic E-state index is 0.184. The number of rotatable bonds is 4. The predicted octanol–water partition coefficient (Wildman–Crippen LogP) is 0.688. The summed E-state index contributed by atoms with van der Waals surface area (Å²) in [7, 11) is 1.65. The van der Waals surface area contributed by atoms with Crippen molar-refractivity contribution in [2.45, 2.75) is 25.6 Å². The highest BCUT2D eigenvalue weighted by Crippen LogP contribution is 2.17. The van der Waals surface area contributed by atoms with Crippen molar-refractivity contribution in [3.63, 3.8) is 0 Å². The van der Waals surface area contributed by atoms with Crippen LogP contribution in [-0.2, 0) is 17.9 Å². The molecule has 1 aliphatic rings. The third-order valence-corrected chi connectivity index (χ3v) is 4.54. The molecular weight excluding hydrogens is 346 g/mol. The van der Waals surface area contributed by atoms with Crippen molar-refractivity contribution in [1.29, 1.82) is 0 Å². The third kappa shape index (κ3) is 3.43. The van der Waals surface area contributed by atoms with Gasteiger partial charge in [-0.1, -0.05) is 35.5 Å². The molecule has 9 nitrogen and oxygen atoms in total. The summed E-state index contributed by atoms with van der Waals surface area (Å²) in [6.07, 6.45) is 5.54. The van der Waals surface area contributed by atoms with E-state index in [1.165, 1.54) is 4.90 Å². The molecule has 138 valence electrons. The van der Waals surface area contributed by atoms with Crippen molar-refractivity contribution >= 4 is 17.8 Å². The molecule has 27 heavy (non-hydrogen) atoms. The van der Waals surface area contributed by atoms with Gasteiger partial charge in [0.1, 0.15) is 6.04 Å². The quantitative estimate of drug-likeness (QED) is 0.733. The summed E-state index contributed by atoms with van der Waals surface area (Å²) in [6, 6.07) is 9.15. The van der Waals surface area contributed by atoms with E-state index in [1.807, 2.05) is 41.1 Å². The molecule has 1 unspecified atom stereocenters. The van der Waals surface area contributed by atoms with Crippen LogP contribution >= 0.6 is 0 Å². The number of benzene rings is 1. The number of carbonyl (C=O) groups is 2. The van der Waals surface area contributed by atoms with Crippen molar-refractivity contribution in [2.24, 2.45) is 0 Å². The maximum absolute atomic E-state index is 12.6. The largest absolute Gasteiger partial charge is 0.339 e. The number of imidazole rings is 1. The first-order valence-corrected chi connectivity index (χ1v) is 8.65. The minimum Gasteiger partial charge on any atom is -0.339 e. The summed E-state index contributed by atoms with van der Waals surface area (Å²) < 4.78 is 3.49. The highest BCUT2D eigenvalue weighted by Gasteiger charge is 2.30. The Morgan fingerprint density at radius 1 is 1.30 bits per heavy atom. The lowest BCUT2D eigenvalue weighted by atomic mass is 10.2. The summed E-state index contributed by atoms with van der Waals surface area (Å²) >= 11 is 0. The second-order valence-corrected chi connectivity index (χ2v) is 6.42. The van der Waals surface area contributed by atoms with Gasteiger partial charge in [-0.15, -0.1) is 5.10 Å². The number of aryl methyl sites for hydroxylation is 1. The van der Waals surface area contributed by atoms with Gasteiger partial charge in [0.15, 0.2) is 5.69 Å². The molecule has 1 aliphatic heterocycles. The zero-order valence-electron chi connectivity index (χ0n) is 14.8. The molecule has 9 heteroatoms. The van der Waals surface area contributed by atoms with Crippen LogP contribution in [0.5, 0.6) is 0 Å². The van der Waals surface area contributed by atoms with E-state index in [-0.39, 0.29) is 11.6 Å². The van der Waals surface area contributed by atoms with Gasteiger partial charge in [-0.25, -0.2) is 9.67 Å². The van der Waals surface area contributed by atoms with Crippen LogP contribution in [0.4, 0.5) is 5.95 Å². The molecule has 0 aliphatic carbocycles. The highest BCUT2D eigenvalue weighted by molar-refractivity contribution is 6.00. The topological polar surface area (TPSA) is 97.9 Å². The maximum Gasteiger partial charge on any atom is 0.274 e. The number of aromatic nitrogens is 5. The van der Waals surface area contributed by atoms with Gasteiger partial charge < -0.3 is 9.88 Å². The number of hydrogen-bond donors (Lipinski definition) is 1. The fourth-order valence-electron chi connectivity index (χ4n) is 3.12. The number of anilines is 1. The van der Waals surface area contributed by atoms with Crippen LogP contribution in [0.2, 0.25) is 0 Å². The Morgan fingerprint density at radius 3 is 2.93 bits per heavy atom. The van der Waals surface area contributed by atoms with Gasteiger partial charge in [-0.2, -0.15) is 0 Å². The lowest BCUT2D eigenvalue weighted by Gasteiger charge is -2.19. The Kier molecular flexibility index (Phi) is 4.41. The van der Waals surface area contributed by atoms with E-state index in [1.54, 1.807) is 24.1 Å². The molecule has 2 aromatic heterocycles.